The summed E-state index contributed by atoms with van der Waals surface area (Å²) in [6.45, 7) is 2.52. The molecule has 1 heterocycles. The van der Waals surface area contributed by atoms with Crippen molar-refractivity contribution in [2.24, 2.45) is 0 Å². The van der Waals surface area contributed by atoms with Crippen LogP contribution in [0.5, 0.6) is 0 Å². The Morgan fingerprint density at radius 3 is 2.48 bits per heavy atom. The molecule has 0 aromatic carbocycles. The van der Waals surface area contributed by atoms with Gasteiger partial charge in [-0.2, -0.15) is 0 Å². The van der Waals surface area contributed by atoms with E-state index < -0.39 is 24.4 Å². The monoisotopic (exact) mass is 330 g/mol. The summed E-state index contributed by atoms with van der Waals surface area (Å²) in [5.41, 5.74) is 0. The zero-order valence-electron chi connectivity index (χ0n) is 14.4. The molecule has 1 aliphatic heterocycles. The normalized spacial score (nSPS) is 26.2. The number of hydrogen-bond acceptors (Lipinski definition) is 5. The quantitative estimate of drug-likeness (QED) is 0.356. The average molecular weight is 330 g/mol. The van der Waals surface area contributed by atoms with Crippen LogP contribution in [-0.2, 0) is 9.47 Å². The summed E-state index contributed by atoms with van der Waals surface area (Å²) in [6.07, 6.45) is 10.9. The van der Waals surface area contributed by atoms with Gasteiger partial charge in [0, 0.05) is 6.61 Å². The highest BCUT2D eigenvalue weighted by Gasteiger charge is 2.40. The van der Waals surface area contributed by atoms with E-state index in [-0.39, 0.29) is 13.2 Å². The van der Waals surface area contributed by atoms with Crippen LogP contribution in [0.4, 0.5) is 0 Å². The van der Waals surface area contributed by atoms with Gasteiger partial charge in [-0.3, -0.25) is 0 Å². The van der Waals surface area contributed by atoms with Crippen LogP contribution in [0.2, 0.25) is 0 Å². The van der Waals surface area contributed by atoms with E-state index in [0.29, 0.717) is 6.61 Å². The molecular weight excluding hydrogens is 296 g/mol. The van der Waals surface area contributed by atoms with E-state index in [2.05, 4.69) is 19.1 Å². The number of hydrogen-bond donors (Lipinski definition) is 3. The molecule has 23 heavy (non-hydrogen) atoms. The molecule has 0 aromatic heterocycles. The molecule has 0 aliphatic carbocycles. The van der Waals surface area contributed by atoms with E-state index in [1.807, 2.05) is 0 Å². The summed E-state index contributed by atoms with van der Waals surface area (Å²) in [6, 6.07) is 0. The van der Waals surface area contributed by atoms with Gasteiger partial charge in [0.15, 0.2) is 0 Å². The van der Waals surface area contributed by atoms with Gasteiger partial charge >= 0.3 is 0 Å². The largest absolute Gasteiger partial charge is 0.394 e. The van der Waals surface area contributed by atoms with Gasteiger partial charge in [-0.05, 0) is 32.1 Å². The van der Waals surface area contributed by atoms with Crippen LogP contribution in [-0.4, -0.2) is 59.6 Å². The Morgan fingerprint density at radius 1 is 1.13 bits per heavy atom. The molecule has 5 nitrogen and oxygen atoms in total. The Morgan fingerprint density at radius 2 is 1.83 bits per heavy atom. The van der Waals surface area contributed by atoms with Crippen molar-refractivity contribution in [3.63, 3.8) is 0 Å². The Balaban J connectivity index is 2.03. The van der Waals surface area contributed by atoms with Gasteiger partial charge in [0.2, 0.25) is 0 Å². The minimum absolute atomic E-state index is 0.148. The predicted molar refractivity (Wildman–Crippen MR) is 90.3 cm³/mol. The minimum atomic E-state index is -1.00. The topological polar surface area (TPSA) is 79.2 Å². The van der Waals surface area contributed by atoms with Gasteiger partial charge in [0.1, 0.15) is 24.4 Å². The molecule has 0 spiro atoms. The maximum atomic E-state index is 9.81. The first-order valence-corrected chi connectivity index (χ1v) is 9.05. The summed E-state index contributed by atoms with van der Waals surface area (Å²) in [7, 11) is 0. The van der Waals surface area contributed by atoms with E-state index in [0.717, 1.165) is 25.7 Å². The molecule has 1 rings (SSSR count). The SMILES string of the molecule is CCCCC/C=C/CCCCCO[C@@H]1[C@H]([C@H](O)CO)OC[C@@H]1O. The Labute approximate surface area is 140 Å². The molecule has 3 N–H and O–H groups in total. The lowest BCUT2D eigenvalue weighted by Gasteiger charge is -2.23. The number of allylic oxidation sites excluding steroid dienone is 2. The number of aliphatic hydroxyl groups excluding tert-OH is 3. The van der Waals surface area contributed by atoms with Crippen LogP contribution < -0.4 is 0 Å². The predicted octanol–water partition coefficient (Wildman–Crippen LogP) is 2.18. The molecule has 0 radical (unpaired) electrons. The third-order valence-corrected chi connectivity index (χ3v) is 4.20. The molecule has 1 fully saturated rings. The van der Waals surface area contributed by atoms with Crippen LogP contribution in [0.25, 0.3) is 0 Å². The van der Waals surface area contributed by atoms with Crippen molar-refractivity contribution >= 4 is 0 Å². The fraction of sp³-hybridized carbons (Fsp3) is 0.889. The van der Waals surface area contributed by atoms with Gasteiger partial charge in [-0.15, -0.1) is 0 Å². The van der Waals surface area contributed by atoms with Gasteiger partial charge in [0.25, 0.3) is 0 Å². The first-order valence-electron chi connectivity index (χ1n) is 9.05. The number of unbranched alkanes of at least 4 members (excludes halogenated alkanes) is 6. The van der Waals surface area contributed by atoms with Gasteiger partial charge in [-0.25, -0.2) is 0 Å². The molecule has 136 valence electrons. The summed E-state index contributed by atoms with van der Waals surface area (Å²) in [4.78, 5) is 0. The van der Waals surface area contributed by atoms with Crippen molar-refractivity contribution in [1.29, 1.82) is 0 Å². The molecule has 0 aromatic rings. The molecule has 0 saturated carbocycles. The number of rotatable bonds is 13. The average Bonchev–Trinajstić information content (AvgIpc) is 2.93. The number of ether oxygens (including phenoxy) is 2. The van der Waals surface area contributed by atoms with Crippen LogP contribution in [0.3, 0.4) is 0 Å². The summed E-state index contributed by atoms with van der Waals surface area (Å²) < 4.78 is 10.9. The van der Waals surface area contributed by atoms with E-state index in [1.165, 1.54) is 25.7 Å². The summed E-state index contributed by atoms with van der Waals surface area (Å²) in [5.74, 6) is 0. The fourth-order valence-electron chi connectivity index (χ4n) is 2.77. The molecule has 1 saturated heterocycles. The zero-order chi connectivity index (χ0) is 16.9. The second kappa shape index (κ2) is 12.9. The zero-order valence-corrected chi connectivity index (χ0v) is 14.4. The summed E-state index contributed by atoms with van der Waals surface area (Å²) >= 11 is 0. The third-order valence-electron chi connectivity index (χ3n) is 4.20. The van der Waals surface area contributed by atoms with Crippen molar-refractivity contribution in [3.05, 3.63) is 12.2 Å². The van der Waals surface area contributed by atoms with Crippen LogP contribution in [0.15, 0.2) is 12.2 Å². The Hall–Kier alpha value is -0.460. The van der Waals surface area contributed by atoms with Crippen molar-refractivity contribution in [1.82, 2.24) is 0 Å². The van der Waals surface area contributed by atoms with Crippen molar-refractivity contribution in [2.75, 3.05) is 19.8 Å². The fourth-order valence-corrected chi connectivity index (χ4v) is 2.77. The Kier molecular flexibility index (Phi) is 11.5. The van der Waals surface area contributed by atoms with Crippen LogP contribution >= 0.6 is 0 Å². The Bertz CT molecular complexity index is 308. The molecular formula is C18H34O5. The maximum absolute atomic E-state index is 9.81. The van der Waals surface area contributed by atoms with E-state index in [1.54, 1.807) is 0 Å². The second-order valence-corrected chi connectivity index (χ2v) is 6.27. The number of aliphatic hydroxyl groups is 3. The molecule has 0 amide bonds. The second-order valence-electron chi connectivity index (χ2n) is 6.27. The molecule has 5 heteroatoms. The summed E-state index contributed by atoms with van der Waals surface area (Å²) in [5, 5.41) is 28.4. The van der Waals surface area contributed by atoms with Crippen LogP contribution in [0.1, 0.15) is 58.3 Å². The van der Waals surface area contributed by atoms with Crippen molar-refractivity contribution < 1.29 is 24.8 Å². The highest BCUT2D eigenvalue weighted by Crippen LogP contribution is 2.21. The standard InChI is InChI=1S/C18H34O5/c1-2-3-4-5-6-7-8-9-10-11-12-22-18-16(21)14-23-17(18)15(20)13-19/h6-7,15-21H,2-5,8-14H2,1H3/b7-6+/t15-,16+,17+,18+/m1/s1. The molecule has 0 unspecified atom stereocenters. The first-order chi connectivity index (χ1) is 11.2. The molecule has 0 bridgehead atoms. The minimum Gasteiger partial charge on any atom is -0.394 e. The van der Waals surface area contributed by atoms with Gasteiger partial charge < -0.3 is 24.8 Å². The lowest BCUT2D eigenvalue weighted by Crippen LogP contribution is -2.42. The molecule has 1 aliphatic rings. The van der Waals surface area contributed by atoms with Gasteiger partial charge in [0.05, 0.1) is 13.2 Å². The van der Waals surface area contributed by atoms with Crippen LogP contribution in [0, 0.1) is 0 Å². The maximum Gasteiger partial charge on any atom is 0.114 e. The first kappa shape index (κ1) is 20.6. The lowest BCUT2D eigenvalue weighted by molar-refractivity contribution is -0.0937. The highest BCUT2D eigenvalue weighted by atomic mass is 16.6. The molecule has 4 atom stereocenters. The van der Waals surface area contributed by atoms with Gasteiger partial charge in [-0.1, -0.05) is 38.3 Å². The smallest absolute Gasteiger partial charge is 0.114 e. The third kappa shape index (κ3) is 8.27. The van der Waals surface area contributed by atoms with Crippen molar-refractivity contribution in [3.8, 4) is 0 Å². The lowest BCUT2D eigenvalue weighted by atomic mass is 10.1. The van der Waals surface area contributed by atoms with E-state index >= 15 is 0 Å². The van der Waals surface area contributed by atoms with Crippen molar-refractivity contribution in [2.45, 2.75) is 82.7 Å². The highest BCUT2D eigenvalue weighted by molar-refractivity contribution is 4.89. The van der Waals surface area contributed by atoms with E-state index in [9.17, 15) is 10.2 Å². The van der Waals surface area contributed by atoms with E-state index in [4.69, 9.17) is 14.6 Å².